The largest absolute Gasteiger partial charge is 0.497 e. The second-order valence-electron chi connectivity index (χ2n) is 5.88. The summed E-state index contributed by atoms with van der Waals surface area (Å²) < 4.78 is 13.5. The van der Waals surface area contributed by atoms with Crippen molar-refractivity contribution >= 4 is 39.2 Å². The number of aryl methyl sites for hydroxylation is 1. The van der Waals surface area contributed by atoms with Gasteiger partial charge in [-0.2, -0.15) is 4.99 Å². The first kappa shape index (κ1) is 19.5. The zero-order valence-corrected chi connectivity index (χ0v) is 17.2. The number of benzene rings is 2. The van der Waals surface area contributed by atoms with E-state index in [1.165, 1.54) is 16.2 Å². The summed E-state index contributed by atoms with van der Waals surface area (Å²) in [7, 11) is 5.21. The second kappa shape index (κ2) is 9.10. The Morgan fingerprint density at radius 2 is 1.93 bits per heavy atom. The summed E-state index contributed by atoms with van der Waals surface area (Å²) in [6, 6.07) is 13.8. The van der Waals surface area contributed by atoms with Crippen LogP contribution in [0.2, 0.25) is 0 Å². The van der Waals surface area contributed by atoms with Crippen LogP contribution in [0.15, 0.2) is 52.4 Å². The predicted octanol–water partition coefficient (Wildman–Crippen LogP) is 4.26. The molecule has 0 N–H and O–H groups in total. The summed E-state index contributed by atoms with van der Waals surface area (Å²) in [5, 5.41) is 0. The molecule has 1 heterocycles. The molecular formula is C20H22N2O3S2. The molecule has 0 saturated carbocycles. The smallest absolute Gasteiger partial charge is 0.248 e. The van der Waals surface area contributed by atoms with E-state index in [-0.39, 0.29) is 5.91 Å². The van der Waals surface area contributed by atoms with E-state index >= 15 is 0 Å². The average molecular weight is 403 g/mol. The van der Waals surface area contributed by atoms with Crippen molar-refractivity contribution < 1.29 is 14.3 Å². The van der Waals surface area contributed by atoms with Crippen LogP contribution in [0, 0.1) is 0 Å². The minimum absolute atomic E-state index is 0.0912. The van der Waals surface area contributed by atoms with Gasteiger partial charge in [0.25, 0.3) is 0 Å². The number of thiazole rings is 1. The molecule has 142 valence electrons. The number of carbonyl (C=O) groups excluding carboxylic acids is 1. The monoisotopic (exact) mass is 402 g/mol. The van der Waals surface area contributed by atoms with E-state index in [0.29, 0.717) is 11.2 Å². The first-order valence-electron chi connectivity index (χ1n) is 8.59. The van der Waals surface area contributed by atoms with Crippen LogP contribution in [-0.2, 0) is 11.8 Å². The lowest BCUT2D eigenvalue weighted by molar-refractivity contribution is -0.118. The molecule has 27 heavy (non-hydrogen) atoms. The number of nitrogens with zero attached hydrogens (tertiary/aromatic N) is 2. The molecule has 0 aliphatic heterocycles. The van der Waals surface area contributed by atoms with E-state index in [0.717, 1.165) is 33.9 Å². The lowest BCUT2D eigenvalue weighted by Crippen LogP contribution is -2.13. The molecular weight excluding hydrogens is 380 g/mol. The molecule has 7 heteroatoms. The molecule has 0 bridgehead atoms. The van der Waals surface area contributed by atoms with Crippen LogP contribution in [0.1, 0.15) is 12.8 Å². The molecule has 5 nitrogen and oxygen atoms in total. The highest BCUT2D eigenvalue weighted by Gasteiger charge is 2.09. The van der Waals surface area contributed by atoms with E-state index in [4.69, 9.17) is 9.47 Å². The van der Waals surface area contributed by atoms with Gasteiger partial charge >= 0.3 is 0 Å². The molecule has 1 amide bonds. The third kappa shape index (κ3) is 4.73. The Hall–Kier alpha value is -2.25. The Labute approximate surface area is 166 Å². The molecule has 0 aliphatic carbocycles. The summed E-state index contributed by atoms with van der Waals surface area (Å²) >= 11 is 3.23. The molecule has 0 radical (unpaired) electrons. The van der Waals surface area contributed by atoms with Gasteiger partial charge in [0.05, 0.1) is 18.9 Å². The van der Waals surface area contributed by atoms with Gasteiger partial charge in [-0.15, -0.1) is 11.8 Å². The maximum atomic E-state index is 12.3. The van der Waals surface area contributed by atoms with Crippen LogP contribution < -0.4 is 14.3 Å². The summed E-state index contributed by atoms with van der Waals surface area (Å²) in [6.45, 7) is 0. The van der Waals surface area contributed by atoms with Gasteiger partial charge in [0.2, 0.25) is 5.91 Å². The van der Waals surface area contributed by atoms with Crippen molar-refractivity contribution in [3.8, 4) is 11.5 Å². The summed E-state index contributed by atoms with van der Waals surface area (Å²) in [5.41, 5.74) is 0.964. The van der Waals surface area contributed by atoms with E-state index in [9.17, 15) is 4.79 Å². The number of amides is 1. The van der Waals surface area contributed by atoms with Crippen LogP contribution >= 0.6 is 23.1 Å². The number of aromatic nitrogens is 1. The van der Waals surface area contributed by atoms with E-state index in [1.807, 2.05) is 54.1 Å². The quantitative estimate of drug-likeness (QED) is 0.438. The maximum absolute atomic E-state index is 12.3. The molecule has 0 saturated heterocycles. The number of hydrogen-bond acceptors (Lipinski definition) is 5. The van der Waals surface area contributed by atoms with Crippen molar-refractivity contribution in [2.75, 3.05) is 20.0 Å². The molecule has 0 spiro atoms. The number of thioether (sulfide) groups is 1. The molecule has 3 aromatic rings. The summed E-state index contributed by atoms with van der Waals surface area (Å²) in [4.78, 5) is 18.4. The molecule has 3 rings (SSSR count). The zero-order chi connectivity index (χ0) is 19.2. The Balaban J connectivity index is 1.60. The first-order valence-corrected chi connectivity index (χ1v) is 10.4. The number of hydrogen-bond donors (Lipinski definition) is 0. The minimum Gasteiger partial charge on any atom is -0.497 e. The topological polar surface area (TPSA) is 52.8 Å². The van der Waals surface area contributed by atoms with E-state index < -0.39 is 0 Å². The predicted molar refractivity (Wildman–Crippen MR) is 111 cm³/mol. The highest BCUT2D eigenvalue weighted by atomic mass is 32.2. The molecule has 2 aromatic carbocycles. The number of rotatable bonds is 7. The van der Waals surface area contributed by atoms with Gasteiger partial charge in [0.15, 0.2) is 4.80 Å². The Morgan fingerprint density at radius 3 is 2.63 bits per heavy atom. The number of fused-ring (bicyclic) bond motifs is 1. The normalized spacial score (nSPS) is 11.7. The molecule has 0 unspecified atom stereocenters. The van der Waals surface area contributed by atoms with Gasteiger partial charge in [-0.1, -0.05) is 17.4 Å². The third-order valence-corrected chi connectivity index (χ3v) is 6.28. The van der Waals surface area contributed by atoms with Gasteiger partial charge in [-0.3, -0.25) is 4.79 Å². The molecule has 0 aliphatic rings. The SMILES string of the molecule is COc1ccc(SCCCC(=O)N=c2sc3cccc(OC)c3n2C)cc1. The standard InChI is InChI=1S/C20H22N2O3S2/c1-22-19-16(25-3)6-4-7-17(19)27-20(22)21-18(23)8-5-13-26-15-11-9-14(24-2)10-12-15/h4,6-7,9-12H,5,8,13H2,1-3H3. The van der Waals surface area contributed by atoms with Gasteiger partial charge < -0.3 is 14.0 Å². The van der Waals surface area contributed by atoms with E-state index in [2.05, 4.69) is 4.99 Å². The summed E-state index contributed by atoms with van der Waals surface area (Å²) in [6.07, 6.45) is 1.23. The number of ether oxygens (including phenoxy) is 2. The lowest BCUT2D eigenvalue weighted by atomic mass is 10.3. The van der Waals surface area contributed by atoms with Crippen molar-refractivity contribution in [3.05, 3.63) is 47.3 Å². The third-order valence-electron chi connectivity index (χ3n) is 4.09. The second-order valence-corrected chi connectivity index (χ2v) is 8.06. The van der Waals surface area contributed by atoms with Crippen LogP contribution in [-0.4, -0.2) is 30.4 Å². The van der Waals surface area contributed by atoms with Gasteiger partial charge in [-0.05, 0) is 48.6 Å². The van der Waals surface area contributed by atoms with Crippen LogP contribution in [0.4, 0.5) is 0 Å². The van der Waals surface area contributed by atoms with E-state index in [1.54, 1.807) is 26.0 Å². The van der Waals surface area contributed by atoms with Crippen molar-refractivity contribution in [3.63, 3.8) is 0 Å². The number of methoxy groups -OCH3 is 2. The average Bonchev–Trinajstić information content (AvgIpc) is 3.01. The van der Waals surface area contributed by atoms with Crippen LogP contribution in [0.5, 0.6) is 11.5 Å². The van der Waals surface area contributed by atoms with Gasteiger partial charge in [0.1, 0.15) is 17.0 Å². The van der Waals surface area contributed by atoms with Crippen molar-refractivity contribution in [2.45, 2.75) is 17.7 Å². The summed E-state index contributed by atoms with van der Waals surface area (Å²) in [5.74, 6) is 2.42. The fraction of sp³-hybridized carbons (Fsp3) is 0.300. The first-order chi connectivity index (χ1) is 13.1. The van der Waals surface area contributed by atoms with Crippen molar-refractivity contribution in [2.24, 2.45) is 12.0 Å². The fourth-order valence-corrected chi connectivity index (χ4v) is 4.59. The molecule has 0 fully saturated rings. The lowest BCUT2D eigenvalue weighted by Gasteiger charge is -2.03. The Bertz CT molecular complexity index is 991. The van der Waals surface area contributed by atoms with Crippen molar-refractivity contribution in [1.82, 2.24) is 4.57 Å². The van der Waals surface area contributed by atoms with Crippen LogP contribution in [0.25, 0.3) is 10.2 Å². The minimum atomic E-state index is -0.0912. The maximum Gasteiger partial charge on any atom is 0.248 e. The van der Waals surface area contributed by atoms with Crippen molar-refractivity contribution in [1.29, 1.82) is 0 Å². The van der Waals surface area contributed by atoms with Crippen LogP contribution in [0.3, 0.4) is 0 Å². The zero-order valence-electron chi connectivity index (χ0n) is 15.6. The van der Waals surface area contributed by atoms with Gasteiger partial charge in [-0.25, -0.2) is 0 Å². The fourth-order valence-electron chi connectivity index (χ4n) is 2.69. The Morgan fingerprint density at radius 1 is 1.15 bits per heavy atom. The number of carbonyl (C=O) groups is 1. The Kier molecular flexibility index (Phi) is 6.58. The van der Waals surface area contributed by atoms with Gasteiger partial charge in [0, 0.05) is 18.4 Å². The highest BCUT2D eigenvalue weighted by Crippen LogP contribution is 2.26. The molecule has 1 aromatic heterocycles. The molecule has 0 atom stereocenters. The number of para-hydroxylation sites is 1. The highest BCUT2D eigenvalue weighted by molar-refractivity contribution is 7.99.